The van der Waals surface area contributed by atoms with E-state index in [1.165, 1.54) is 18.2 Å². The minimum absolute atomic E-state index is 0.127. The van der Waals surface area contributed by atoms with Crippen molar-refractivity contribution >= 4 is 21.7 Å². The maximum Gasteiger partial charge on any atom is 0.321 e. The molecule has 0 saturated carbocycles. The van der Waals surface area contributed by atoms with Gasteiger partial charge in [0.25, 0.3) is 0 Å². The molecule has 8 heteroatoms. The molecule has 0 radical (unpaired) electrons. The van der Waals surface area contributed by atoms with Gasteiger partial charge < -0.3 is 10.2 Å². The predicted molar refractivity (Wildman–Crippen MR) is 104 cm³/mol. The van der Waals surface area contributed by atoms with Crippen LogP contribution < -0.4 is 10.0 Å². The number of rotatable bonds is 7. The van der Waals surface area contributed by atoms with Crippen molar-refractivity contribution in [3.8, 4) is 0 Å². The average molecular weight is 393 g/mol. The third kappa shape index (κ3) is 5.51. The third-order valence-electron chi connectivity index (χ3n) is 4.15. The summed E-state index contributed by atoms with van der Waals surface area (Å²) < 4.78 is 40.6. The fraction of sp³-hybridized carbons (Fsp3) is 0.316. The number of benzene rings is 2. The molecule has 0 bridgehead atoms. The molecular formula is C19H24FN3O3S. The molecule has 2 rings (SSSR count). The van der Waals surface area contributed by atoms with Gasteiger partial charge in [0, 0.05) is 24.8 Å². The first-order valence-electron chi connectivity index (χ1n) is 8.70. The summed E-state index contributed by atoms with van der Waals surface area (Å²) in [5, 5.41) is 2.80. The van der Waals surface area contributed by atoms with E-state index in [0.717, 1.165) is 11.6 Å². The maximum atomic E-state index is 13.3. The second-order valence-electron chi connectivity index (χ2n) is 6.02. The number of halogens is 1. The first kappa shape index (κ1) is 20.9. The van der Waals surface area contributed by atoms with Gasteiger partial charge >= 0.3 is 6.03 Å². The molecule has 146 valence electrons. The Kier molecular flexibility index (Phi) is 6.92. The minimum Gasteiger partial charge on any atom is -0.325 e. The monoisotopic (exact) mass is 393 g/mol. The van der Waals surface area contributed by atoms with E-state index >= 15 is 0 Å². The lowest BCUT2D eigenvalue weighted by atomic mass is 10.1. The van der Waals surface area contributed by atoms with Gasteiger partial charge in [-0.1, -0.05) is 18.2 Å². The van der Waals surface area contributed by atoms with Crippen LogP contribution in [-0.2, 0) is 10.0 Å². The predicted octanol–water partition coefficient (Wildman–Crippen LogP) is 3.74. The van der Waals surface area contributed by atoms with Crippen LogP contribution in [0.25, 0.3) is 0 Å². The lowest BCUT2D eigenvalue weighted by Gasteiger charge is -2.19. The summed E-state index contributed by atoms with van der Waals surface area (Å²) in [7, 11) is -3.84. The SMILES string of the molecule is CCN(CC)C(=O)Nc1ccc(C(C)NS(=O)(=O)c2cccc(F)c2)cc1. The molecule has 1 unspecified atom stereocenters. The highest BCUT2D eigenvalue weighted by atomic mass is 32.2. The Morgan fingerprint density at radius 3 is 2.30 bits per heavy atom. The van der Waals surface area contributed by atoms with Gasteiger partial charge in [-0.15, -0.1) is 0 Å². The Hall–Kier alpha value is -2.45. The number of nitrogens with zero attached hydrogens (tertiary/aromatic N) is 1. The smallest absolute Gasteiger partial charge is 0.321 e. The molecule has 0 aromatic heterocycles. The zero-order chi connectivity index (χ0) is 20.0. The molecule has 2 aromatic carbocycles. The van der Waals surface area contributed by atoms with Crippen molar-refractivity contribution in [2.45, 2.75) is 31.7 Å². The standard InChI is InChI=1S/C19H24FN3O3S/c1-4-23(5-2)19(24)21-17-11-9-15(10-12-17)14(3)22-27(25,26)18-8-6-7-16(20)13-18/h6-14,22H,4-5H2,1-3H3,(H,21,24). The number of amides is 2. The van der Waals surface area contributed by atoms with Crippen LogP contribution in [0.1, 0.15) is 32.4 Å². The number of carbonyl (C=O) groups is 1. The molecule has 0 saturated heterocycles. The summed E-state index contributed by atoms with van der Waals surface area (Å²) in [5.41, 5.74) is 1.34. The molecule has 27 heavy (non-hydrogen) atoms. The zero-order valence-electron chi connectivity index (χ0n) is 15.6. The van der Waals surface area contributed by atoms with Crippen LogP contribution in [0.2, 0.25) is 0 Å². The fourth-order valence-corrected chi connectivity index (χ4v) is 3.83. The summed E-state index contributed by atoms with van der Waals surface area (Å²) in [6.45, 7) is 6.72. The fourth-order valence-electron chi connectivity index (χ4n) is 2.57. The number of hydrogen-bond donors (Lipinski definition) is 2. The van der Waals surface area contributed by atoms with Gasteiger partial charge in [0.15, 0.2) is 0 Å². The van der Waals surface area contributed by atoms with Gasteiger partial charge in [0.1, 0.15) is 5.82 Å². The Morgan fingerprint density at radius 1 is 1.11 bits per heavy atom. The highest BCUT2D eigenvalue weighted by Crippen LogP contribution is 2.19. The van der Waals surface area contributed by atoms with Crippen molar-refractivity contribution < 1.29 is 17.6 Å². The molecule has 2 N–H and O–H groups in total. The van der Waals surface area contributed by atoms with Crippen LogP contribution in [0.3, 0.4) is 0 Å². The van der Waals surface area contributed by atoms with Crippen molar-refractivity contribution in [1.82, 2.24) is 9.62 Å². The van der Waals surface area contributed by atoms with E-state index in [4.69, 9.17) is 0 Å². The van der Waals surface area contributed by atoms with Crippen molar-refractivity contribution in [2.75, 3.05) is 18.4 Å². The van der Waals surface area contributed by atoms with E-state index in [1.54, 1.807) is 36.1 Å². The molecule has 2 amide bonds. The molecule has 6 nitrogen and oxygen atoms in total. The number of hydrogen-bond acceptors (Lipinski definition) is 3. The lowest BCUT2D eigenvalue weighted by molar-refractivity contribution is 0.217. The van der Waals surface area contributed by atoms with E-state index in [2.05, 4.69) is 10.0 Å². The van der Waals surface area contributed by atoms with Gasteiger partial charge in [-0.25, -0.2) is 22.3 Å². The van der Waals surface area contributed by atoms with Crippen LogP contribution in [0.4, 0.5) is 14.9 Å². The zero-order valence-corrected chi connectivity index (χ0v) is 16.4. The quantitative estimate of drug-likeness (QED) is 0.752. The number of anilines is 1. The second-order valence-corrected chi connectivity index (χ2v) is 7.74. The minimum atomic E-state index is -3.84. The molecular weight excluding hydrogens is 369 g/mol. The third-order valence-corrected chi connectivity index (χ3v) is 5.69. The van der Waals surface area contributed by atoms with Crippen LogP contribution >= 0.6 is 0 Å². The average Bonchev–Trinajstić information content (AvgIpc) is 2.63. The summed E-state index contributed by atoms with van der Waals surface area (Å²) >= 11 is 0. The second kappa shape index (κ2) is 8.96. The Labute approximate surface area is 159 Å². The van der Waals surface area contributed by atoms with Gasteiger partial charge in [-0.3, -0.25) is 0 Å². The van der Waals surface area contributed by atoms with Crippen LogP contribution in [0, 0.1) is 5.82 Å². The molecule has 0 fully saturated rings. The largest absolute Gasteiger partial charge is 0.325 e. The summed E-state index contributed by atoms with van der Waals surface area (Å²) in [4.78, 5) is 13.6. The van der Waals surface area contributed by atoms with E-state index < -0.39 is 21.9 Å². The highest BCUT2D eigenvalue weighted by Gasteiger charge is 2.19. The van der Waals surface area contributed by atoms with E-state index in [1.807, 2.05) is 13.8 Å². The van der Waals surface area contributed by atoms with Crippen LogP contribution in [0.15, 0.2) is 53.4 Å². The number of nitrogens with one attached hydrogen (secondary N) is 2. The number of carbonyl (C=O) groups excluding carboxylic acids is 1. The first-order valence-corrected chi connectivity index (χ1v) is 10.2. The van der Waals surface area contributed by atoms with Crippen molar-refractivity contribution in [3.63, 3.8) is 0 Å². The van der Waals surface area contributed by atoms with Crippen molar-refractivity contribution in [1.29, 1.82) is 0 Å². The Morgan fingerprint density at radius 2 is 1.74 bits per heavy atom. The summed E-state index contributed by atoms with van der Waals surface area (Å²) in [5.74, 6) is -0.612. The molecule has 2 aromatic rings. The van der Waals surface area contributed by atoms with Gasteiger partial charge in [0.05, 0.1) is 4.90 Å². The summed E-state index contributed by atoms with van der Waals surface area (Å²) in [6, 6.07) is 11.0. The van der Waals surface area contributed by atoms with E-state index in [0.29, 0.717) is 18.8 Å². The van der Waals surface area contributed by atoms with E-state index in [-0.39, 0.29) is 10.9 Å². The molecule has 0 aliphatic carbocycles. The van der Waals surface area contributed by atoms with Gasteiger partial charge in [-0.05, 0) is 56.7 Å². The molecule has 0 aliphatic rings. The number of sulfonamides is 1. The molecule has 0 spiro atoms. The molecule has 0 heterocycles. The summed E-state index contributed by atoms with van der Waals surface area (Å²) in [6.07, 6.45) is 0. The Bertz CT molecular complexity index is 881. The highest BCUT2D eigenvalue weighted by molar-refractivity contribution is 7.89. The van der Waals surface area contributed by atoms with Gasteiger partial charge in [0.2, 0.25) is 10.0 Å². The maximum absolute atomic E-state index is 13.3. The van der Waals surface area contributed by atoms with E-state index in [9.17, 15) is 17.6 Å². The first-order chi connectivity index (χ1) is 12.8. The normalized spacial score (nSPS) is 12.4. The van der Waals surface area contributed by atoms with Crippen molar-refractivity contribution in [3.05, 3.63) is 59.9 Å². The van der Waals surface area contributed by atoms with Crippen molar-refractivity contribution in [2.24, 2.45) is 0 Å². The Balaban J connectivity index is 2.07. The topological polar surface area (TPSA) is 78.5 Å². The lowest BCUT2D eigenvalue weighted by Crippen LogP contribution is -2.34. The van der Waals surface area contributed by atoms with Crippen LogP contribution in [0.5, 0.6) is 0 Å². The molecule has 1 atom stereocenters. The van der Waals surface area contributed by atoms with Gasteiger partial charge in [-0.2, -0.15) is 0 Å². The molecule has 0 aliphatic heterocycles. The van der Waals surface area contributed by atoms with Crippen LogP contribution in [-0.4, -0.2) is 32.4 Å². The number of urea groups is 1.